The first-order chi connectivity index (χ1) is 11.8. The Bertz CT molecular complexity index is 801. The molecule has 0 radical (unpaired) electrons. The van der Waals surface area contributed by atoms with E-state index in [1.54, 1.807) is 6.92 Å². The van der Waals surface area contributed by atoms with Gasteiger partial charge in [-0.05, 0) is 6.92 Å². The van der Waals surface area contributed by atoms with Gasteiger partial charge in [0.2, 0.25) is 17.6 Å². The Balaban J connectivity index is 1.52. The molecule has 3 aromatic rings. The average Bonchev–Trinajstić information content (AvgIpc) is 3.25. The number of nitrogens with zero attached hydrogens (tertiary/aromatic N) is 5. The second-order valence-electron chi connectivity index (χ2n) is 5.62. The topological polar surface area (TPSA) is 90.3 Å². The summed E-state index contributed by atoms with van der Waals surface area (Å²) in [5.74, 6) is 2.30. The van der Waals surface area contributed by atoms with Crippen LogP contribution in [0.25, 0.3) is 11.4 Å². The molecule has 0 spiro atoms. The number of hydrogen-bond acceptors (Lipinski definition) is 8. The number of hydrogen-bond donors (Lipinski definition) is 0. The highest BCUT2D eigenvalue weighted by Crippen LogP contribution is 2.25. The first-order valence-corrected chi connectivity index (χ1v) is 7.79. The molecule has 1 fully saturated rings. The maximum Gasteiger partial charge on any atom is 0.246 e. The van der Waals surface area contributed by atoms with E-state index in [-0.39, 0.29) is 6.04 Å². The lowest BCUT2D eigenvalue weighted by molar-refractivity contribution is -0.0279. The molecule has 1 aliphatic rings. The van der Waals surface area contributed by atoms with Crippen molar-refractivity contribution in [2.45, 2.75) is 19.5 Å². The van der Waals surface area contributed by atoms with Crippen LogP contribution < -0.4 is 0 Å². The van der Waals surface area contributed by atoms with Gasteiger partial charge in [-0.25, -0.2) is 0 Å². The number of benzene rings is 1. The SMILES string of the molecule is Cc1noc([C@H]2COCCN2Cc2nc(-c3ccccc3)no2)n1. The molecule has 3 heterocycles. The summed E-state index contributed by atoms with van der Waals surface area (Å²) in [5, 5.41) is 7.92. The van der Waals surface area contributed by atoms with Crippen LogP contribution in [0.2, 0.25) is 0 Å². The van der Waals surface area contributed by atoms with Gasteiger partial charge in [0.15, 0.2) is 5.82 Å². The molecule has 2 aromatic heterocycles. The van der Waals surface area contributed by atoms with Gasteiger partial charge < -0.3 is 13.8 Å². The van der Waals surface area contributed by atoms with Crippen molar-refractivity contribution in [1.82, 2.24) is 25.2 Å². The van der Waals surface area contributed by atoms with Gasteiger partial charge in [-0.3, -0.25) is 4.90 Å². The van der Waals surface area contributed by atoms with Crippen LogP contribution in [-0.2, 0) is 11.3 Å². The normalized spacial score (nSPS) is 18.8. The van der Waals surface area contributed by atoms with E-state index in [2.05, 4.69) is 25.2 Å². The van der Waals surface area contributed by atoms with Crippen LogP contribution in [-0.4, -0.2) is 44.9 Å². The number of rotatable bonds is 4. The van der Waals surface area contributed by atoms with E-state index in [9.17, 15) is 0 Å². The summed E-state index contributed by atoms with van der Waals surface area (Å²) < 4.78 is 16.2. The molecule has 124 valence electrons. The summed E-state index contributed by atoms with van der Waals surface area (Å²) in [6.45, 7) is 4.18. The molecule has 1 saturated heterocycles. The lowest BCUT2D eigenvalue weighted by Gasteiger charge is -2.31. The summed E-state index contributed by atoms with van der Waals surface area (Å²) >= 11 is 0. The monoisotopic (exact) mass is 327 g/mol. The highest BCUT2D eigenvalue weighted by molar-refractivity contribution is 5.53. The quantitative estimate of drug-likeness (QED) is 0.718. The van der Waals surface area contributed by atoms with Crippen LogP contribution in [0, 0.1) is 6.92 Å². The van der Waals surface area contributed by atoms with Gasteiger partial charge in [0.25, 0.3) is 0 Å². The lowest BCUT2D eigenvalue weighted by atomic mass is 10.2. The highest BCUT2D eigenvalue weighted by atomic mass is 16.5. The van der Waals surface area contributed by atoms with Crippen molar-refractivity contribution in [3.63, 3.8) is 0 Å². The molecule has 0 bridgehead atoms. The minimum absolute atomic E-state index is 0.105. The van der Waals surface area contributed by atoms with Crippen molar-refractivity contribution in [3.05, 3.63) is 47.9 Å². The van der Waals surface area contributed by atoms with E-state index < -0.39 is 0 Å². The Hall–Kier alpha value is -2.58. The highest BCUT2D eigenvalue weighted by Gasteiger charge is 2.30. The number of aryl methyl sites for hydroxylation is 1. The van der Waals surface area contributed by atoms with Crippen LogP contribution in [0.3, 0.4) is 0 Å². The first kappa shape index (κ1) is 15.0. The molecule has 0 N–H and O–H groups in total. The third-order valence-electron chi connectivity index (χ3n) is 3.91. The van der Waals surface area contributed by atoms with Crippen LogP contribution in [0.1, 0.15) is 23.6 Å². The van der Waals surface area contributed by atoms with E-state index in [0.29, 0.717) is 43.2 Å². The van der Waals surface area contributed by atoms with Crippen molar-refractivity contribution in [1.29, 1.82) is 0 Å². The predicted octanol–water partition coefficient (Wildman–Crippen LogP) is 2.00. The molecule has 24 heavy (non-hydrogen) atoms. The third kappa shape index (κ3) is 3.06. The fraction of sp³-hybridized carbons (Fsp3) is 0.375. The van der Waals surface area contributed by atoms with E-state index in [1.165, 1.54) is 0 Å². The Morgan fingerprint density at radius 2 is 2.00 bits per heavy atom. The molecule has 1 aromatic carbocycles. The summed E-state index contributed by atoms with van der Waals surface area (Å²) in [6, 6.07) is 9.64. The molecule has 0 aliphatic carbocycles. The van der Waals surface area contributed by atoms with Crippen molar-refractivity contribution in [2.75, 3.05) is 19.8 Å². The van der Waals surface area contributed by atoms with E-state index in [0.717, 1.165) is 12.1 Å². The second-order valence-corrected chi connectivity index (χ2v) is 5.62. The zero-order chi connectivity index (χ0) is 16.4. The zero-order valence-electron chi connectivity index (χ0n) is 13.3. The summed E-state index contributed by atoms with van der Waals surface area (Å²) in [5.41, 5.74) is 0.929. The maximum absolute atomic E-state index is 5.55. The molecular weight excluding hydrogens is 310 g/mol. The first-order valence-electron chi connectivity index (χ1n) is 7.79. The molecule has 8 heteroatoms. The molecular formula is C16H17N5O3. The minimum Gasteiger partial charge on any atom is -0.378 e. The van der Waals surface area contributed by atoms with Gasteiger partial charge >= 0.3 is 0 Å². The smallest absolute Gasteiger partial charge is 0.246 e. The lowest BCUT2D eigenvalue weighted by Crippen LogP contribution is -2.39. The number of aromatic nitrogens is 4. The van der Waals surface area contributed by atoms with Gasteiger partial charge in [-0.2, -0.15) is 9.97 Å². The summed E-state index contributed by atoms with van der Waals surface area (Å²) in [7, 11) is 0. The zero-order valence-corrected chi connectivity index (χ0v) is 13.3. The van der Waals surface area contributed by atoms with Gasteiger partial charge in [0.05, 0.1) is 19.8 Å². The standard InChI is InChI=1S/C16H17N5O3/c1-11-17-16(24-19-11)13-10-22-8-7-21(13)9-14-18-15(20-23-14)12-5-3-2-4-6-12/h2-6,13H,7-10H2,1H3/t13-/m1/s1. The minimum atomic E-state index is -0.105. The third-order valence-corrected chi connectivity index (χ3v) is 3.91. The van der Waals surface area contributed by atoms with Crippen molar-refractivity contribution < 1.29 is 13.8 Å². The van der Waals surface area contributed by atoms with Crippen LogP contribution in [0.4, 0.5) is 0 Å². The van der Waals surface area contributed by atoms with Crippen molar-refractivity contribution >= 4 is 0 Å². The van der Waals surface area contributed by atoms with E-state index in [4.69, 9.17) is 13.8 Å². The molecule has 4 rings (SSSR count). The number of ether oxygens (including phenoxy) is 1. The Labute approximate surface area is 138 Å². The Kier molecular flexibility index (Phi) is 4.06. The molecule has 0 unspecified atom stereocenters. The average molecular weight is 327 g/mol. The fourth-order valence-electron chi connectivity index (χ4n) is 2.70. The summed E-state index contributed by atoms with van der Waals surface area (Å²) in [6.07, 6.45) is 0. The molecule has 0 saturated carbocycles. The van der Waals surface area contributed by atoms with Gasteiger partial charge in [0, 0.05) is 12.1 Å². The Morgan fingerprint density at radius 1 is 1.12 bits per heavy atom. The molecule has 1 aliphatic heterocycles. The van der Waals surface area contributed by atoms with Crippen molar-refractivity contribution in [2.24, 2.45) is 0 Å². The van der Waals surface area contributed by atoms with Crippen LogP contribution >= 0.6 is 0 Å². The van der Waals surface area contributed by atoms with E-state index >= 15 is 0 Å². The Morgan fingerprint density at radius 3 is 2.79 bits per heavy atom. The predicted molar refractivity (Wildman–Crippen MR) is 82.7 cm³/mol. The van der Waals surface area contributed by atoms with Gasteiger partial charge in [0.1, 0.15) is 6.04 Å². The van der Waals surface area contributed by atoms with Crippen LogP contribution in [0.5, 0.6) is 0 Å². The fourth-order valence-corrected chi connectivity index (χ4v) is 2.70. The second kappa shape index (κ2) is 6.50. The van der Waals surface area contributed by atoms with Gasteiger partial charge in [-0.15, -0.1) is 0 Å². The molecule has 1 atom stereocenters. The van der Waals surface area contributed by atoms with Crippen LogP contribution in [0.15, 0.2) is 39.4 Å². The summed E-state index contributed by atoms with van der Waals surface area (Å²) in [4.78, 5) is 10.9. The largest absolute Gasteiger partial charge is 0.378 e. The van der Waals surface area contributed by atoms with Crippen molar-refractivity contribution in [3.8, 4) is 11.4 Å². The molecule has 8 nitrogen and oxygen atoms in total. The van der Waals surface area contributed by atoms with Gasteiger partial charge in [-0.1, -0.05) is 40.6 Å². The number of morpholine rings is 1. The van der Waals surface area contributed by atoms with E-state index in [1.807, 2.05) is 30.3 Å². The molecule has 0 amide bonds. The maximum atomic E-state index is 5.55.